The van der Waals surface area contributed by atoms with Crippen LogP contribution < -0.4 is 10.6 Å². The quantitative estimate of drug-likeness (QED) is 0.123. The predicted molar refractivity (Wildman–Crippen MR) is 106 cm³/mol. The Balaban J connectivity index is 3.96. The lowest BCUT2D eigenvalue weighted by Gasteiger charge is -2.27. The lowest BCUT2D eigenvalue weighted by molar-refractivity contribution is -0.137. The summed E-state index contributed by atoms with van der Waals surface area (Å²) in [7, 11) is 1.17. The van der Waals surface area contributed by atoms with Crippen molar-refractivity contribution in [2.24, 2.45) is 5.41 Å². The van der Waals surface area contributed by atoms with Crippen LogP contribution in [0.15, 0.2) is 12.2 Å². The number of aliphatic hydroxyl groups excluding tert-OH is 2. The van der Waals surface area contributed by atoms with Gasteiger partial charge in [0, 0.05) is 36.8 Å². The first kappa shape index (κ1) is 26.8. The molecule has 1 atom stereocenters. The molecule has 10 nitrogen and oxygen atoms in total. The van der Waals surface area contributed by atoms with E-state index < -0.39 is 34.3 Å². The van der Waals surface area contributed by atoms with Crippen molar-refractivity contribution < 1.29 is 38.9 Å². The van der Waals surface area contributed by atoms with E-state index in [-0.39, 0.29) is 44.2 Å². The molecule has 0 fully saturated rings. The molecule has 0 spiro atoms. The summed E-state index contributed by atoms with van der Waals surface area (Å²) >= 11 is 0.874. The van der Waals surface area contributed by atoms with Crippen molar-refractivity contribution in [3.63, 3.8) is 0 Å². The second-order valence-corrected chi connectivity index (χ2v) is 7.81. The number of esters is 1. The fourth-order valence-electron chi connectivity index (χ4n) is 1.76. The van der Waals surface area contributed by atoms with Crippen LogP contribution in [0.25, 0.3) is 0 Å². The number of hydrogen-bond donors (Lipinski definition) is 4. The molecule has 0 radical (unpaired) electrons. The molecule has 0 heterocycles. The first-order valence-corrected chi connectivity index (χ1v) is 9.80. The minimum absolute atomic E-state index is 0.0103. The number of nitrogens with one attached hydrogen (secondary N) is 2. The van der Waals surface area contributed by atoms with Gasteiger partial charge < -0.3 is 25.6 Å². The minimum Gasteiger partial charge on any atom is -0.466 e. The Kier molecular flexibility index (Phi) is 12.8. The highest BCUT2D eigenvalue weighted by atomic mass is 32.2. The van der Waals surface area contributed by atoms with E-state index in [1.807, 2.05) is 0 Å². The zero-order valence-corrected chi connectivity index (χ0v) is 17.5. The molecular weight excluding hydrogens is 404 g/mol. The lowest BCUT2D eigenvalue weighted by atomic mass is 9.87. The maximum absolute atomic E-state index is 11.8. The number of aliphatic hydroxyl groups is 2. The summed E-state index contributed by atoms with van der Waals surface area (Å²) in [5.74, 6) is -1.99. The smallest absolute Gasteiger partial charge is 0.330 e. The lowest BCUT2D eigenvalue weighted by Crippen LogP contribution is -2.46. The number of rotatable bonds is 13. The molecule has 0 unspecified atom stereocenters. The van der Waals surface area contributed by atoms with Gasteiger partial charge in [-0.2, -0.15) is 0 Å². The van der Waals surface area contributed by atoms with E-state index in [1.165, 1.54) is 21.0 Å². The molecule has 4 N–H and O–H groups in total. The third-order valence-corrected chi connectivity index (χ3v) is 4.53. The zero-order valence-electron chi connectivity index (χ0n) is 16.7. The number of allylic oxidation sites excluding steroid dienone is 1. The number of hydrogen-bond acceptors (Lipinski definition) is 9. The molecule has 0 aliphatic heterocycles. The highest BCUT2D eigenvalue weighted by Gasteiger charge is 2.32. The normalized spacial score (nSPS) is 12.3. The van der Waals surface area contributed by atoms with Crippen molar-refractivity contribution in [2.45, 2.75) is 32.8 Å². The highest BCUT2D eigenvalue weighted by Crippen LogP contribution is 2.19. The van der Waals surface area contributed by atoms with Crippen LogP contribution in [0.1, 0.15) is 26.7 Å². The molecule has 29 heavy (non-hydrogen) atoms. The van der Waals surface area contributed by atoms with E-state index in [0.29, 0.717) is 0 Å². The van der Waals surface area contributed by atoms with Crippen LogP contribution in [0.3, 0.4) is 0 Å². The van der Waals surface area contributed by atoms with Gasteiger partial charge in [0.2, 0.25) is 11.8 Å². The van der Waals surface area contributed by atoms with Gasteiger partial charge in [-0.15, -0.1) is 0 Å². The Morgan fingerprint density at radius 1 is 1.10 bits per heavy atom. The number of amides is 2. The van der Waals surface area contributed by atoms with Crippen LogP contribution in [0.4, 0.5) is 0 Å². The summed E-state index contributed by atoms with van der Waals surface area (Å²) in [4.78, 5) is 57.3. The topological polar surface area (TPSA) is 159 Å². The van der Waals surface area contributed by atoms with Gasteiger partial charge in [-0.1, -0.05) is 25.6 Å². The van der Waals surface area contributed by atoms with E-state index >= 15 is 0 Å². The Bertz CT molecular complexity index is 633. The van der Waals surface area contributed by atoms with Crippen LogP contribution >= 0.6 is 11.8 Å². The fourth-order valence-corrected chi connectivity index (χ4v) is 2.44. The molecule has 0 aromatic heterocycles. The molecule has 0 saturated carbocycles. The van der Waals surface area contributed by atoms with Gasteiger partial charge in [-0.05, 0) is 6.08 Å². The SMILES string of the molecule is COC(=O)/C=C/C(=O)CC(=O)SCCNC(=O)CCNC(=O)[C@H](O)C(C)(C)CO. The van der Waals surface area contributed by atoms with Crippen LogP contribution in [0, 0.1) is 5.41 Å². The van der Waals surface area contributed by atoms with Crippen molar-refractivity contribution in [2.75, 3.05) is 32.6 Å². The standard InChI is InChI=1S/C18H28N2O8S/c1-18(2,11-21)16(26)17(27)20-7-6-13(23)19-8-9-29-15(25)10-12(22)4-5-14(24)28-3/h4-5,16,21,26H,6-11H2,1-3H3,(H,19,23)(H,20,27)/b5-4+/t16-/m0/s1. The van der Waals surface area contributed by atoms with Crippen molar-refractivity contribution >= 4 is 40.4 Å². The summed E-state index contributed by atoms with van der Waals surface area (Å²) in [5.41, 5.74) is -0.993. The molecule has 11 heteroatoms. The summed E-state index contributed by atoms with van der Waals surface area (Å²) < 4.78 is 4.33. The van der Waals surface area contributed by atoms with Gasteiger partial charge in [-0.3, -0.25) is 19.2 Å². The zero-order chi connectivity index (χ0) is 22.4. The predicted octanol–water partition coefficient (Wildman–Crippen LogP) is -1.06. The fraction of sp³-hybridized carbons (Fsp3) is 0.611. The van der Waals surface area contributed by atoms with Crippen LogP contribution in [-0.4, -0.2) is 77.6 Å². The van der Waals surface area contributed by atoms with Gasteiger partial charge in [0.15, 0.2) is 10.9 Å². The Morgan fingerprint density at radius 3 is 2.34 bits per heavy atom. The third kappa shape index (κ3) is 12.0. The van der Waals surface area contributed by atoms with Crippen molar-refractivity contribution in [1.82, 2.24) is 10.6 Å². The minimum atomic E-state index is -1.40. The molecule has 0 aromatic carbocycles. The third-order valence-electron chi connectivity index (χ3n) is 3.66. The Morgan fingerprint density at radius 2 is 1.76 bits per heavy atom. The average Bonchev–Trinajstić information content (AvgIpc) is 2.68. The number of thioether (sulfide) groups is 1. The largest absolute Gasteiger partial charge is 0.466 e. The number of ketones is 1. The molecule has 2 amide bonds. The highest BCUT2D eigenvalue weighted by molar-refractivity contribution is 8.13. The molecule has 0 aromatic rings. The van der Waals surface area contributed by atoms with Gasteiger partial charge in [0.05, 0.1) is 20.1 Å². The van der Waals surface area contributed by atoms with Crippen molar-refractivity contribution in [3.05, 3.63) is 12.2 Å². The van der Waals surface area contributed by atoms with E-state index in [2.05, 4.69) is 15.4 Å². The molecule has 0 aliphatic carbocycles. The van der Waals surface area contributed by atoms with E-state index in [1.54, 1.807) is 0 Å². The van der Waals surface area contributed by atoms with E-state index in [9.17, 15) is 29.1 Å². The number of carbonyl (C=O) groups is 5. The number of ether oxygens (including phenoxy) is 1. The van der Waals surface area contributed by atoms with Crippen LogP contribution in [0.5, 0.6) is 0 Å². The van der Waals surface area contributed by atoms with Crippen molar-refractivity contribution in [3.8, 4) is 0 Å². The first-order valence-electron chi connectivity index (χ1n) is 8.81. The molecule has 164 valence electrons. The molecule has 0 rings (SSSR count). The van der Waals surface area contributed by atoms with Gasteiger partial charge in [0.1, 0.15) is 6.10 Å². The van der Waals surface area contributed by atoms with Crippen LogP contribution in [0.2, 0.25) is 0 Å². The van der Waals surface area contributed by atoms with E-state index in [0.717, 1.165) is 23.9 Å². The second-order valence-electron chi connectivity index (χ2n) is 6.66. The first-order chi connectivity index (χ1) is 13.5. The summed E-state index contributed by atoms with van der Waals surface area (Å²) in [6.45, 7) is 2.90. The van der Waals surface area contributed by atoms with Gasteiger partial charge >= 0.3 is 5.97 Å². The van der Waals surface area contributed by atoms with Crippen LogP contribution in [-0.2, 0) is 28.7 Å². The molecular formula is C18H28N2O8S. The maximum atomic E-state index is 11.8. The number of methoxy groups -OCH3 is 1. The molecule has 0 bridgehead atoms. The monoisotopic (exact) mass is 432 g/mol. The number of carbonyl (C=O) groups excluding carboxylic acids is 5. The molecule has 0 saturated heterocycles. The maximum Gasteiger partial charge on any atom is 0.330 e. The van der Waals surface area contributed by atoms with Gasteiger partial charge in [-0.25, -0.2) is 4.79 Å². The summed E-state index contributed by atoms with van der Waals surface area (Å²) in [5, 5.41) is 23.5. The van der Waals surface area contributed by atoms with E-state index in [4.69, 9.17) is 5.11 Å². The van der Waals surface area contributed by atoms with Crippen molar-refractivity contribution in [1.29, 1.82) is 0 Å². The Labute approximate surface area is 173 Å². The van der Waals surface area contributed by atoms with Gasteiger partial charge in [0.25, 0.3) is 0 Å². The second kappa shape index (κ2) is 13.9. The average molecular weight is 432 g/mol. The molecule has 0 aliphatic rings. The summed E-state index contributed by atoms with van der Waals surface area (Å²) in [6, 6.07) is 0. The Hall–Kier alpha value is -2.24. The summed E-state index contributed by atoms with van der Waals surface area (Å²) in [6.07, 6.45) is 0.114.